The van der Waals surface area contributed by atoms with Crippen LogP contribution in [0.2, 0.25) is 0 Å². The van der Waals surface area contributed by atoms with E-state index in [9.17, 15) is 4.79 Å². The van der Waals surface area contributed by atoms with Crippen molar-refractivity contribution in [2.75, 3.05) is 19.1 Å². The molecule has 1 aromatic carbocycles. The summed E-state index contributed by atoms with van der Waals surface area (Å²) in [5, 5.41) is 4.49. The van der Waals surface area contributed by atoms with Gasteiger partial charge in [0.25, 0.3) is 5.91 Å². The maximum atomic E-state index is 13.4. The number of nitrogens with zero attached hydrogens (tertiary/aromatic N) is 5. The highest BCUT2D eigenvalue weighted by Gasteiger charge is 2.27. The van der Waals surface area contributed by atoms with Gasteiger partial charge < -0.3 is 9.47 Å². The Morgan fingerprint density at radius 2 is 1.93 bits per heavy atom. The van der Waals surface area contributed by atoms with Gasteiger partial charge >= 0.3 is 0 Å². The van der Waals surface area contributed by atoms with Gasteiger partial charge in [0, 0.05) is 6.20 Å². The van der Waals surface area contributed by atoms with Gasteiger partial charge in [-0.2, -0.15) is 0 Å². The average molecular weight is 428 g/mol. The Morgan fingerprint density at radius 3 is 2.59 bits per heavy atom. The molecule has 0 unspecified atom stereocenters. The first kappa shape index (κ1) is 19.2. The largest absolute Gasteiger partial charge is 0.495 e. The second-order valence-corrected chi connectivity index (χ2v) is 7.78. The standard InChI is InChI=1S/C19H17N5O3S2/c1-11-16(29-23-22-11)18(25)24(10-12-6-4-5-9-20-12)19-21-15-13(26-2)7-8-14(27-3)17(15)28-19/h4-9H,10H2,1-3H3. The van der Waals surface area contributed by atoms with E-state index in [1.54, 1.807) is 38.3 Å². The molecular weight excluding hydrogens is 410 g/mol. The van der Waals surface area contributed by atoms with E-state index >= 15 is 0 Å². The highest BCUT2D eigenvalue weighted by Crippen LogP contribution is 2.40. The van der Waals surface area contributed by atoms with Crippen LogP contribution in [0.25, 0.3) is 10.2 Å². The van der Waals surface area contributed by atoms with E-state index in [4.69, 9.17) is 14.5 Å². The van der Waals surface area contributed by atoms with Gasteiger partial charge in [-0.3, -0.25) is 14.7 Å². The predicted octanol–water partition coefficient (Wildman–Crippen LogP) is 3.72. The van der Waals surface area contributed by atoms with Crippen molar-refractivity contribution in [2.45, 2.75) is 13.5 Å². The molecule has 0 aliphatic heterocycles. The maximum absolute atomic E-state index is 13.4. The van der Waals surface area contributed by atoms with Crippen molar-refractivity contribution in [1.82, 2.24) is 19.6 Å². The Labute approximate surface area is 174 Å². The summed E-state index contributed by atoms with van der Waals surface area (Å²) in [4.78, 5) is 24.5. The molecule has 0 N–H and O–H groups in total. The highest BCUT2D eigenvalue weighted by atomic mass is 32.1. The number of fused-ring (bicyclic) bond motifs is 1. The SMILES string of the molecule is COc1ccc(OC)c2sc(N(Cc3ccccn3)C(=O)c3snnc3C)nc12. The Balaban J connectivity index is 1.84. The second kappa shape index (κ2) is 8.10. The van der Waals surface area contributed by atoms with Gasteiger partial charge in [-0.25, -0.2) is 4.98 Å². The Hall–Kier alpha value is -3.11. The zero-order valence-corrected chi connectivity index (χ0v) is 17.6. The molecule has 0 bridgehead atoms. The summed E-state index contributed by atoms with van der Waals surface area (Å²) in [7, 11) is 3.19. The zero-order chi connectivity index (χ0) is 20.4. The van der Waals surface area contributed by atoms with Crippen LogP contribution in [0, 0.1) is 6.92 Å². The van der Waals surface area contributed by atoms with Crippen molar-refractivity contribution in [2.24, 2.45) is 0 Å². The first-order chi connectivity index (χ1) is 14.1. The number of aromatic nitrogens is 4. The molecule has 4 rings (SSSR count). The molecule has 0 aliphatic rings. The van der Waals surface area contributed by atoms with Crippen molar-refractivity contribution >= 4 is 44.1 Å². The van der Waals surface area contributed by atoms with E-state index in [-0.39, 0.29) is 12.5 Å². The lowest BCUT2D eigenvalue weighted by atomic mass is 10.3. The molecule has 0 fully saturated rings. The van der Waals surface area contributed by atoms with Gasteiger partial charge in [0.15, 0.2) is 5.13 Å². The Morgan fingerprint density at radius 1 is 1.14 bits per heavy atom. The van der Waals surface area contributed by atoms with Gasteiger partial charge in [-0.1, -0.05) is 21.9 Å². The minimum absolute atomic E-state index is 0.222. The van der Waals surface area contributed by atoms with Crippen LogP contribution in [0.3, 0.4) is 0 Å². The Bertz CT molecular complexity index is 1120. The number of thiazole rings is 1. The van der Waals surface area contributed by atoms with Gasteiger partial charge in [-0.15, -0.1) is 5.10 Å². The van der Waals surface area contributed by atoms with Crippen LogP contribution in [-0.4, -0.2) is 39.7 Å². The third-order valence-electron chi connectivity index (χ3n) is 4.27. The van der Waals surface area contributed by atoms with Crippen LogP contribution in [0.5, 0.6) is 11.5 Å². The number of carbonyl (C=O) groups is 1. The van der Waals surface area contributed by atoms with Gasteiger partial charge in [-0.05, 0) is 42.7 Å². The minimum Gasteiger partial charge on any atom is -0.495 e. The number of pyridine rings is 1. The van der Waals surface area contributed by atoms with Crippen LogP contribution in [0.4, 0.5) is 5.13 Å². The first-order valence-corrected chi connectivity index (χ1v) is 10.2. The van der Waals surface area contributed by atoms with E-state index in [0.29, 0.717) is 32.7 Å². The van der Waals surface area contributed by atoms with E-state index in [1.807, 2.05) is 24.3 Å². The molecule has 0 radical (unpaired) electrons. The molecule has 1 amide bonds. The smallest absolute Gasteiger partial charge is 0.274 e. The third kappa shape index (κ3) is 3.64. The van der Waals surface area contributed by atoms with Crippen molar-refractivity contribution in [3.63, 3.8) is 0 Å². The molecule has 4 aromatic rings. The fourth-order valence-electron chi connectivity index (χ4n) is 2.82. The second-order valence-electron chi connectivity index (χ2n) is 6.04. The molecular formula is C19H17N5O3S2. The summed E-state index contributed by atoms with van der Waals surface area (Å²) in [5.74, 6) is 1.06. The van der Waals surface area contributed by atoms with Crippen molar-refractivity contribution in [1.29, 1.82) is 0 Å². The molecule has 3 heterocycles. The predicted molar refractivity (Wildman–Crippen MR) is 112 cm³/mol. The summed E-state index contributed by atoms with van der Waals surface area (Å²) in [6.45, 7) is 2.03. The number of rotatable bonds is 6. The number of ether oxygens (including phenoxy) is 2. The summed E-state index contributed by atoms with van der Waals surface area (Å²) in [5.41, 5.74) is 1.97. The number of amides is 1. The van der Waals surface area contributed by atoms with Crippen LogP contribution in [0.1, 0.15) is 21.1 Å². The quantitative estimate of drug-likeness (QED) is 0.463. The average Bonchev–Trinajstić information content (AvgIpc) is 3.38. The molecule has 8 nitrogen and oxygen atoms in total. The molecule has 0 saturated carbocycles. The zero-order valence-electron chi connectivity index (χ0n) is 15.9. The lowest BCUT2D eigenvalue weighted by Gasteiger charge is -2.18. The fraction of sp³-hybridized carbons (Fsp3) is 0.211. The first-order valence-electron chi connectivity index (χ1n) is 8.64. The van der Waals surface area contributed by atoms with Crippen molar-refractivity contribution < 1.29 is 14.3 Å². The van der Waals surface area contributed by atoms with Crippen molar-refractivity contribution in [3.8, 4) is 11.5 Å². The van der Waals surface area contributed by atoms with Gasteiger partial charge in [0.1, 0.15) is 26.6 Å². The fourth-order valence-corrected chi connectivity index (χ4v) is 4.50. The molecule has 0 aliphatic carbocycles. The number of aryl methyl sites for hydroxylation is 1. The van der Waals surface area contributed by atoms with Crippen LogP contribution in [0.15, 0.2) is 36.5 Å². The minimum atomic E-state index is -0.222. The topological polar surface area (TPSA) is 90.3 Å². The van der Waals surface area contributed by atoms with E-state index in [1.165, 1.54) is 11.3 Å². The lowest BCUT2D eigenvalue weighted by molar-refractivity contribution is 0.0988. The summed E-state index contributed by atoms with van der Waals surface area (Å²) >= 11 is 2.43. The summed E-state index contributed by atoms with van der Waals surface area (Å²) in [6, 6.07) is 9.21. The van der Waals surface area contributed by atoms with Gasteiger partial charge in [0.2, 0.25) is 0 Å². The molecule has 29 heavy (non-hydrogen) atoms. The van der Waals surface area contributed by atoms with E-state index < -0.39 is 0 Å². The third-order valence-corrected chi connectivity index (χ3v) is 6.18. The number of methoxy groups -OCH3 is 2. The highest BCUT2D eigenvalue weighted by molar-refractivity contribution is 7.22. The van der Waals surface area contributed by atoms with E-state index in [0.717, 1.165) is 21.9 Å². The lowest BCUT2D eigenvalue weighted by Crippen LogP contribution is -2.30. The van der Waals surface area contributed by atoms with Crippen LogP contribution < -0.4 is 14.4 Å². The van der Waals surface area contributed by atoms with Gasteiger partial charge in [0.05, 0.1) is 32.2 Å². The molecule has 0 saturated heterocycles. The number of anilines is 1. The summed E-state index contributed by atoms with van der Waals surface area (Å²) < 4.78 is 15.6. The monoisotopic (exact) mass is 427 g/mol. The molecule has 3 aromatic heterocycles. The molecule has 0 atom stereocenters. The molecule has 148 valence electrons. The number of carbonyl (C=O) groups excluding carboxylic acids is 1. The Kier molecular flexibility index (Phi) is 5.36. The number of hydrogen-bond donors (Lipinski definition) is 0. The van der Waals surface area contributed by atoms with Crippen LogP contribution in [-0.2, 0) is 6.54 Å². The maximum Gasteiger partial charge on any atom is 0.274 e. The number of benzene rings is 1. The molecule has 10 heteroatoms. The van der Waals surface area contributed by atoms with E-state index in [2.05, 4.69) is 14.6 Å². The number of hydrogen-bond acceptors (Lipinski definition) is 9. The van der Waals surface area contributed by atoms with Crippen molar-refractivity contribution in [3.05, 3.63) is 52.8 Å². The molecule has 0 spiro atoms. The normalized spacial score (nSPS) is 10.9. The summed E-state index contributed by atoms with van der Waals surface area (Å²) in [6.07, 6.45) is 1.70. The van der Waals surface area contributed by atoms with Crippen LogP contribution >= 0.6 is 22.9 Å².